The average molecular weight is 247 g/mol. The average Bonchev–Trinajstić information content (AvgIpc) is 2.45. The molecule has 1 aliphatic heterocycles. The molecule has 4 nitrogen and oxygen atoms in total. The molecular weight excluding hydrogens is 226 g/mol. The third-order valence-electron chi connectivity index (χ3n) is 3.31. The molecule has 1 saturated heterocycles. The van der Waals surface area contributed by atoms with Crippen molar-refractivity contribution in [1.82, 2.24) is 16.0 Å². The lowest BCUT2D eigenvalue weighted by molar-refractivity contribution is 0.236. The van der Waals surface area contributed by atoms with Crippen molar-refractivity contribution < 1.29 is 4.79 Å². The largest absolute Gasteiger partial charge is 0.338 e. The van der Waals surface area contributed by atoms with Gasteiger partial charge in [-0.25, -0.2) is 4.79 Å². The molecule has 4 heteroatoms. The number of carbonyl (C=O) groups excluding carboxylic acids is 1. The van der Waals surface area contributed by atoms with Crippen LogP contribution in [-0.4, -0.2) is 25.7 Å². The minimum atomic E-state index is -0.0719. The van der Waals surface area contributed by atoms with Gasteiger partial charge >= 0.3 is 6.03 Å². The van der Waals surface area contributed by atoms with Crippen molar-refractivity contribution in [3.63, 3.8) is 0 Å². The van der Waals surface area contributed by atoms with E-state index in [1.54, 1.807) is 0 Å². The van der Waals surface area contributed by atoms with Crippen molar-refractivity contribution in [2.75, 3.05) is 19.6 Å². The van der Waals surface area contributed by atoms with E-state index in [4.69, 9.17) is 0 Å². The van der Waals surface area contributed by atoms with Gasteiger partial charge in [-0.15, -0.1) is 0 Å². The van der Waals surface area contributed by atoms with Crippen molar-refractivity contribution in [1.29, 1.82) is 0 Å². The first-order valence-corrected chi connectivity index (χ1v) is 6.61. The molecule has 1 fully saturated rings. The Hall–Kier alpha value is -1.55. The summed E-state index contributed by atoms with van der Waals surface area (Å²) in [5.74, 6) is 0.619. The molecule has 0 aliphatic carbocycles. The molecule has 0 atom stereocenters. The smallest absolute Gasteiger partial charge is 0.315 e. The molecule has 2 rings (SSSR count). The maximum absolute atomic E-state index is 11.6. The Bertz CT molecular complexity index is 361. The van der Waals surface area contributed by atoms with Crippen LogP contribution in [-0.2, 0) is 6.54 Å². The van der Waals surface area contributed by atoms with Gasteiger partial charge in [-0.3, -0.25) is 0 Å². The molecule has 1 heterocycles. The van der Waals surface area contributed by atoms with Gasteiger partial charge in [0.1, 0.15) is 0 Å². The van der Waals surface area contributed by atoms with Crippen molar-refractivity contribution >= 4 is 6.03 Å². The first-order valence-electron chi connectivity index (χ1n) is 6.61. The number of benzene rings is 1. The first kappa shape index (κ1) is 12.9. The molecule has 0 aromatic heterocycles. The number of rotatable bonds is 4. The molecule has 0 spiro atoms. The van der Waals surface area contributed by atoms with Gasteiger partial charge in [0.2, 0.25) is 0 Å². The molecule has 3 N–H and O–H groups in total. The van der Waals surface area contributed by atoms with E-state index in [0.29, 0.717) is 12.5 Å². The summed E-state index contributed by atoms with van der Waals surface area (Å²) in [7, 11) is 0. The van der Waals surface area contributed by atoms with Crippen LogP contribution in [0.3, 0.4) is 0 Å². The molecule has 0 bridgehead atoms. The van der Waals surface area contributed by atoms with Crippen molar-refractivity contribution in [3.8, 4) is 0 Å². The van der Waals surface area contributed by atoms with Crippen molar-refractivity contribution in [2.45, 2.75) is 19.4 Å². The number of urea groups is 1. The van der Waals surface area contributed by atoms with Crippen LogP contribution in [0.2, 0.25) is 0 Å². The second-order valence-electron chi connectivity index (χ2n) is 4.74. The topological polar surface area (TPSA) is 53.2 Å². The van der Waals surface area contributed by atoms with Gasteiger partial charge in [-0.1, -0.05) is 30.3 Å². The molecule has 18 heavy (non-hydrogen) atoms. The van der Waals surface area contributed by atoms with E-state index in [-0.39, 0.29) is 6.03 Å². The number of piperidine rings is 1. The lowest BCUT2D eigenvalue weighted by Gasteiger charge is -2.22. The predicted octanol–water partition coefficient (Wildman–Crippen LogP) is 1.49. The fourth-order valence-electron chi connectivity index (χ4n) is 2.16. The zero-order valence-electron chi connectivity index (χ0n) is 10.6. The lowest BCUT2D eigenvalue weighted by atomic mass is 9.98. The summed E-state index contributed by atoms with van der Waals surface area (Å²) in [6.07, 6.45) is 2.30. The van der Waals surface area contributed by atoms with E-state index in [0.717, 1.165) is 38.0 Å². The van der Waals surface area contributed by atoms with Crippen LogP contribution in [0.25, 0.3) is 0 Å². The van der Waals surface area contributed by atoms with Crippen LogP contribution in [0.4, 0.5) is 4.79 Å². The summed E-state index contributed by atoms with van der Waals surface area (Å²) in [5, 5.41) is 9.14. The standard InChI is InChI=1S/C14H21N3O/c18-14(16-10-12-4-2-1-3-5-12)17-11-13-6-8-15-9-7-13/h1-5,13,15H,6-11H2,(H2,16,17,18). The van der Waals surface area contributed by atoms with Crippen LogP contribution in [0.15, 0.2) is 30.3 Å². The Morgan fingerprint density at radius 2 is 1.89 bits per heavy atom. The van der Waals surface area contributed by atoms with Gasteiger partial charge in [0.25, 0.3) is 0 Å². The molecule has 1 aromatic carbocycles. The van der Waals surface area contributed by atoms with Crippen molar-refractivity contribution in [2.24, 2.45) is 5.92 Å². The molecule has 0 radical (unpaired) electrons. The third-order valence-corrected chi connectivity index (χ3v) is 3.31. The summed E-state index contributed by atoms with van der Waals surface area (Å²) in [6, 6.07) is 9.87. The Morgan fingerprint density at radius 1 is 1.17 bits per heavy atom. The Balaban J connectivity index is 1.63. The SMILES string of the molecule is O=C(NCc1ccccc1)NCC1CCNCC1. The van der Waals surface area contributed by atoms with Crippen LogP contribution in [0.1, 0.15) is 18.4 Å². The maximum atomic E-state index is 11.6. The van der Waals surface area contributed by atoms with Gasteiger partial charge < -0.3 is 16.0 Å². The van der Waals surface area contributed by atoms with E-state index in [2.05, 4.69) is 16.0 Å². The maximum Gasteiger partial charge on any atom is 0.315 e. The van der Waals surface area contributed by atoms with Gasteiger partial charge in [0.15, 0.2) is 0 Å². The number of amides is 2. The predicted molar refractivity (Wildman–Crippen MR) is 72.3 cm³/mol. The van der Waals surface area contributed by atoms with Gasteiger partial charge in [-0.05, 0) is 37.4 Å². The lowest BCUT2D eigenvalue weighted by Crippen LogP contribution is -2.40. The highest BCUT2D eigenvalue weighted by Gasteiger charge is 2.13. The fraction of sp³-hybridized carbons (Fsp3) is 0.500. The number of hydrogen-bond acceptors (Lipinski definition) is 2. The van der Waals surface area contributed by atoms with E-state index in [1.807, 2.05) is 30.3 Å². The minimum absolute atomic E-state index is 0.0719. The van der Waals surface area contributed by atoms with Crippen LogP contribution in [0, 0.1) is 5.92 Å². The molecular formula is C14H21N3O. The van der Waals surface area contributed by atoms with E-state index in [9.17, 15) is 4.79 Å². The summed E-state index contributed by atoms with van der Waals surface area (Å²) >= 11 is 0. The van der Waals surface area contributed by atoms with E-state index < -0.39 is 0 Å². The Morgan fingerprint density at radius 3 is 2.61 bits per heavy atom. The highest BCUT2D eigenvalue weighted by Crippen LogP contribution is 2.09. The summed E-state index contributed by atoms with van der Waals surface area (Å²) in [5.41, 5.74) is 1.12. The molecule has 98 valence electrons. The second kappa shape index (κ2) is 7.01. The van der Waals surface area contributed by atoms with Crippen LogP contribution < -0.4 is 16.0 Å². The zero-order chi connectivity index (χ0) is 12.6. The summed E-state index contributed by atoms with van der Waals surface area (Å²) < 4.78 is 0. The van der Waals surface area contributed by atoms with Gasteiger partial charge in [-0.2, -0.15) is 0 Å². The quantitative estimate of drug-likeness (QED) is 0.755. The Labute approximate surface area is 108 Å². The second-order valence-corrected chi connectivity index (χ2v) is 4.74. The molecule has 1 aromatic rings. The number of hydrogen-bond donors (Lipinski definition) is 3. The fourth-order valence-corrected chi connectivity index (χ4v) is 2.16. The van der Waals surface area contributed by atoms with Gasteiger partial charge in [0.05, 0.1) is 0 Å². The molecule has 1 aliphatic rings. The van der Waals surface area contributed by atoms with Crippen LogP contribution in [0.5, 0.6) is 0 Å². The molecule has 2 amide bonds. The van der Waals surface area contributed by atoms with E-state index in [1.165, 1.54) is 0 Å². The highest BCUT2D eigenvalue weighted by molar-refractivity contribution is 5.73. The summed E-state index contributed by atoms with van der Waals surface area (Å²) in [6.45, 7) is 3.50. The monoisotopic (exact) mass is 247 g/mol. The van der Waals surface area contributed by atoms with Crippen molar-refractivity contribution in [3.05, 3.63) is 35.9 Å². The normalized spacial score (nSPS) is 16.2. The van der Waals surface area contributed by atoms with Gasteiger partial charge in [0, 0.05) is 13.1 Å². The number of carbonyl (C=O) groups is 1. The Kier molecular flexibility index (Phi) is 5.02. The first-order chi connectivity index (χ1) is 8.84. The molecule has 0 unspecified atom stereocenters. The number of nitrogens with one attached hydrogen (secondary N) is 3. The zero-order valence-corrected chi connectivity index (χ0v) is 10.6. The minimum Gasteiger partial charge on any atom is -0.338 e. The van der Waals surface area contributed by atoms with Crippen LogP contribution >= 0.6 is 0 Å². The highest BCUT2D eigenvalue weighted by atomic mass is 16.2. The van der Waals surface area contributed by atoms with E-state index >= 15 is 0 Å². The molecule has 0 saturated carbocycles. The summed E-state index contributed by atoms with van der Waals surface area (Å²) in [4.78, 5) is 11.6. The third kappa shape index (κ3) is 4.37.